The van der Waals surface area contributed by atoms with Gasteiger partial charge in [-0.3, -0.25) is 4.79 Å². The van der Waals surface area contributed by atoms with E-state index in [2.05, 4.69) is 17.9 Å². The average molecular weight is 251 g/mol. The Morgan fingerprint density at radius 1 is 1.22 bits per heavy atom. The lowest BCUT2D eigenvalue weighted by molar-refractivity contribution is -0.139. The van der Waals surface area contributed by atoms with Gasteiger partial charge in [0.2, 0.25) is 5.91 Å². The van der Waals surface area contributed by atoms with Crippen molar-refractivity contribution in [3.8, 4) is 6.07 Å². The minimum absolute atomic E-state index is 0.0613. The zero-order chi connectivity index (χ0) is 13.6. The molecule has 1 aliphatic rings. The normalized spacial score (nSPS) is 17.7. The second-order valence-electron chi connectivity index (χ2n) is 5.50. The molecule has 1 saturated carbocycles. The molecule has 1 fully saturated rings. The first-order chi connectivity index (χ1) is 8.55. The number of rotatable bonds is 6. The fourth-order valence-corrected chi connectivity index (χ4v) is 2.56. The molecular weight excluding hydrogens is 226 g/mol. The molecule has 4 heteroatoms. The Bertz CT molecular complexity index is 313. The number of carbonyl (C=O) groups excluding carboxylic acids is 1. The molecule has 4 nitrogen and oxygen atoms in total. The first-order valence-corrected chi connectivity index (χ1v) is 6.91. The van der Waals surface area contributed by atoms with Crippen molar-refractivity contribution >= 4 is 5.91 Å². The van der Waals surface area contributed by atoms with Crippen LogP contribution in [-0.4, -0.2) is 49.4 Å². The van der Waals surface area contributed by atoms with E-state index in [1.54, 1.807) is 0 Å². The summed E-state index contributed by atoms with van der Waals surface area (Å²) in [5.74, 6) is 0.0613. The lowest BCUT2D eigenvalue weighted by atomic mass is 9.86. The molecular formula is C14H25N3O. The Kier molecular flexibility index (Phi) is 5.61. The maximum absolute atomic E-state index is 12.6. The number of nitriles is 1. The van der Waals surface area contributed by atoms with E-state index in [0.717, 1.165) is 51.7 Å². The van der Waals surface area contributed by atoms with Crippen LogP contribution in [0, 0.1) is 16.7 Å². The minimum Gasteiger partial charge on any atom is -0.340 e. The van der Waals surface area contributed by atoms with E-state index in [-0.39, 0.29) is 5.91 Å². The van der Waals surface area contributed by atoms with Gasteiger partial charge >= 0.3 is 0 Å². The largest absolute Gasteiger partial charge is 0.340 e. The number of nitrogens with zero attached hydrogens (tertiary/aromatic N) is 3. The zero-order valence-electron chi connectivity index (χ0n) is 11.9. The molecule has 1 amide bonds. The van der Waals surface area contributed by atoms with Gasteiger partial charge in [-0.2, -0.15) is 5.26 Å². The summed E-state index contributed by atoms with van der Waals surface area (Å²) in [7, 11) is 4.01. The molecule has 0 heterocycles. The van der Waals surface area contributed by atoms with E-state index in [9.17, 15) is 10.1 Å². The number of hydrogen-bond acceptors (Lipinski definition) is 3. The molecule has 0 aromatic heterocycles. The van der Waals surface area contributed by atoms with Crippen molar-refractivity contribution in [1.29, 1.82) is 5.26 Å². The molecule has 0 aliphatic heterocycles. The summed E-state index contributed by atoms with van der Waals surface area (Å²) in [5.41, 5.74) is -0.721. The summed E-state index contributed by atoms with van der Waals surface area (Å²) < 4.78 is 0. The number of carbonyl (C=O) groups is 1. The second-order valence-corrected chi connectivity index (χ2v) is 5.50. The maximum atomic E-state index is 12.6. The van der Waals surface area contributed by atoms with Crippen molar-refractivity contribution < 1.29 is 4.79 Å². The third-order valence-electron chi connectivity index (χ3n) is 3.68. The molecule has 0 saturated heterocycles. The van der Waals surface area contributed by atoms with Crippen molar-refractivity contribution in [2.75, 3.05) is 33.7 Å². The second kappa shape index (κ2) is 6.75. The van der Waals surface area contributed by atoms with E-state index in [4.69, 9.17) is 0 Å². The van der Waals surface area contributed by atoms with Gasteiger partial charge in [0.25, 0.3) is 0 Å². The van der Waals surface area contributed by atoms with Gasteiger partial charge in [0.05, 0.1) is 6.07 Å². The summed E-state index contributed by atoms with van der Waals surface area (Å²) in [5, 5.41) is 9.37. The Balaban J connectivity index is 2.72. The molecule has 0 radical (unpaired) electrons. The van der Waals surface area contributed by atoms with Gasteiger partial charge in [0, 0.05) is 19.6 Å². The van der Waals surface area contributed by atoms with Crippen LogP contribution in [0.1, 0.15) is 39.0 Å². The third kappa shape index (κ3) is 3.46. The number of likely N-dealkylation sites (N-methyl/N-ethyl adjacent to an activating group) is 1. The number of hydrogen-bond donors (Lipinski definition) is 0. The molecule has 0 bridgehead atoms. The predicted molar refractivity (Wildman–Crippen MR) is 71.9 cm³/mol. The maximum Gasteiger partial charge on any atom is 0.243 e. The van der Waals surface area contributed by atoms with Crippen LogP contribution < -0.4 is 0 Å². The molecule has 1 rings (SSSR count). The van der Waals surface area contributed by atoms with Gasteiger partial charge in [-0.1, -0.05) is 19.8 Å². The first kappa shape index (κ1) is 15.0. The summed E-state index contributed by atoms with van der Waals surface area (Å²) in [6.45, 7) is 4.41. The molecule has 0 aromatic carbocycles. The van der Waals surface area contributed by atoms with E-state index in [1.807, 2.05) is 19.0 Å². The van der Waals surface area contributed by atoms with Crippen molar-refractivity contribution in [2.24, 2.45) is 5.41 Å². The highest BCUT2D eigenvalue weighted by Crippen LogP contribution is 2.39. The van der Waals surface area contributed by atoms with Crippen LogP contribution in [-0.2, 0) is 4.79 Å². The van der Waals surface area contributed by atoms with Crippen LogP contribution in [0.15, 0.2) is 0 Å². The number of amides is 1. The van der Waals surface area contributed by atoms with Crippen LogP contribution in [0.5, 0.6) is 0 Å². The van der Waals surface area contributed by atoms with Gasteiger partial charge in [-0.25, -0.2) is 0 Å². The molecule has 0 N–H and O–H groups in total. The topological polar surface area (TPSA) is 47.3 Å². The van der Waals surface area contributed by atoms with Crippen LogP contribution in [0.3, 0.4) is 0 Å². The summed E-state index contributed by atoms with van der Waals surface area (Å²) >= 11 is 0. The smallest absolute Gasteiger partial charge is 0.243 e. The Hall–Kier alpha value is -1.08. The summed E-state index contributed by atoms with van der Waals surface area (Å²) in [4.78, 5) is 16.5. The molecule has 0 spiro atoms. The zero-order valence-corrected chi connectivity index (χ0v) is 11.9. The monoisotopic (exact) mass is 251 g/mol. The molecule has 0 atom stereocenters. The molecule has 0 aromatic rings. The standard InChI is InChI=1S/C14H25N3O/c1-4-9-17(11-10-16(2)3)13(18)14(12-15)7-5-6-8-14/h4-11H2,1-3H3. The van der Waals surface area contributed by atoms with E-state index in [1.165, 1.54) is 0 Å². The van der Waals surface area contributed by atoms with Crippen LogP contribution >= 0.6 is 0 Å². The lowest BCUT2D eigenvalue weighted by Gasteiger charge is -2.30. The predicted octanol–water partition coefficient (Wildman–Crippen LogP) is 1.87. The van der Waals surface area contributed by atoms with Gasteiger partial charge in [0.15, 0.2) is 0 Å². The van der Waals surface area contributed by atoms with Gasteiger partial charge in [-0.05, 0) is 33.4 Å². The van der Waals surface area contributed by atoms with Crippen molar-refractivity contribution in [1.82, 2.24) is 9.80 Å². The first-order valence-electron chi connectivity index (χ1n) is 6.91. The van der Waals surface area contributed by atoms with E-state index >= 15 is 0 Å². The Morgan fingerprint density at radius 3 is 2.28 bits per heavy atom. The minimum atomic E-state index is -0.721. The Labute approximate surface area is 111 Å². The highest BCUT2D eigenvalue weighted by atomic mass is 16.2. The van der Waals surface area contributed by atoms with Crippen molar-refractivity contribution in [3.05, 3.63) is 0 Å². The Morgan fingerprint density at radius 2 is 1.83 bits per heavy atom. The quantitative estimate of drug-likeness (QED) is 0.724. The van der Waals surface area contributed by atoms with Gasteiger partial charge < -0.3 is 9.80 Å². The third-order valence-corrected chi connectivity index (χ3v) is 3.68. The SMILES string of the molecule is CCCN(CCN(C)C)C(=O)C1(C#N)CCCC1. The fourth-order valence-electron chi connectivity index (χ4n) is 2.56. The summed E-state index contributed by atoms with van der Waals surface area (Å²) in [6, 6.07) is 2.30. The molecule has 0 unspecified atom stereocenters. The van der Waals surface area contributed by atoms with Crippen molar-refractivity contribution in [2.45, 2.75) is 39.0 Å². The van der Waals surface area contributed by atoms with E-state index in [0.29, 0.717) is 0 Å². The average Bonchev–Trinajstić information content (AvgIpc) is 2.83. The van der Waals surface area contributed by atoms with Gasteiger partial charge in [-0.15, -0.1) is 0 Å². The van der Waals surface area contributed by atoms with Crippen LogP contribution in [0.2, 0.25) is 0 Å². The highest BCUT2D eigenvalue weighted by molar-refractivity contribution is 5.85. The summed E-state index contributed by atoms with van der Waals surface area (Å²) in [6.07, 6.45) is 4.44. The van der Waals surface area contributed by atoms with Crippen molar-refractivity contribution in [3.63, 3.8) is 0 Å². The lowest BCUT2D eigenvalue weighted by Crippen LogP contribution is -2.45. The van der Waals surface area contributed by atoms with Crippen LogP contribution in [0.4, 0.5) is 0 Å². The molecule has 18 heavy (non-hydrogen) atoms. The molecule has 102 valence electrons. The van der Waals surface area contributed by atoms with Crippen LogP contribution in [0.25, 0.3) is 0 Å². The van der Waals surface area contributed by atoms with E-state index < -0.39 is 5.41 Å². The molecule has 1 aliphatic carbocycles. The fraction of sp³-hybridized carbons (Fsp3) is 0.857. The highest BCUT2D eigenvalue weighted by Gasteiger charge is 2.43. The van der Waals surface area contributed by atoms with Gasteiger partial charge in [0.1, 0.15) is 5.41 Å².